The highest BCUT2D eigenvalue weighted by Gasteiger charge is 2.05. The van der Waals surface area contributed by atoms with Crippen molar-refractivity contribution >= 4 is 33.6 Å². The molecule has 108 valence electrons. The lowest BCUT2D eigenvalue weighted by Gasteiger charge is -2.09. The summed E-state index contributed by atoms with van der Waals surface area (Å²) in [6.45, 7) is 0.338. The number of nitrogens with one attached hydrogen (secondary N) is 1. The third kappa shape index (κ3) is 2.92. The average molecular weight is 322 g/mol. The van der Waals surface area contributed by atoms with Crippen LogP contribution in [0.1, 0.15) is 11.3 Å². The van der Waals surface area contributed by atoms with Gasteiger partial charge in [0, 0.05) is 17.6 Å². The Morgan fingerprint density at radius 2 is 2.24 bits per heavy atom. The molecule has 0 amide bonds. The van der Waals surface area contributed by atoms with E-state index in [4.69, 9.17) is 16.7 Å². The average Bonchev–Trinajstić information content (AvgIpc) is 2.95. The molecule has 0 aliphatic rings. The molecule has 3 rings (SSSR count). The van der Waals surface area contributed by atoms with E-state index in [-0.39, 0.29) is 12.2 Å². The minimum absolute atomic E-state index is 0.0490. The molecule has 0 saturated carbocycles. The summed E-state index contributed by atoms with van der Waals surface area (Å²) in [5.41, 5.74) is 2.02. The van der Waals surface area contributed by atoms with Gasteiger partial charge in [-0.15, -0.1) is 11.3 Å². The second-order valence-corrected chi connectivity index (χ2v) is 5.75. The van der Waals surface area contributed by atoms with Crippen LogP contribution in [0, 0.1) is 0 Å². The summed E-state index contributed by atoms with van der Waals surface area (Å²) in [6.07, 6.45) is 1.70. The largest absolute Gasteiger partial charge is 0.392 e. The van der Waals surface area contributed by atoms with E-state index in [2.05, 4.69) is 10.3 Å². The lowest BCUT2D eigenvalue weighted by molar-refractivity contribution is 0.282. The smallest absolute Gasteiger partial charge is 0.258 e. The van der Waals surface area contributed by atoms with Crippen LogP contribution in [-0.2, 0) is 13.2 Å². The predicted molar refractivity (Wildman–Crippen MR) is 84.0 cm³/mol. The lowest BCUT2D eigenvalue weighted by atomic mass is 10.2. The number of benzene rings is 1. The Morgan fingerprint density at radius 1 is 1.38 bits per heavy atom. The van der Waals surface area contributed by atoms with Crippen LogP contribution in [0.25, 0.3) is 4.96 Å². The van der Waals surface area contributed by atoms with Gasteiger partial charge in [0.05, 0.1) is 29.6 Å². The van der Waals surface area contributed by atoms with Crippen molar-refractivity contribution < 1.29 is 5.11 Å². The van der Waals surface area contributed by atoms with E-state index in [9.17, 15) is 4.79 Å². The van der Waals surface area contributed by atoms with Gasteiger partial charge in [0.15, 0.2) is 4.96 Å². The summed E-state index contributed by atoms with van der Waals surface area (Å²) in [4.78, 5) is 17.0. The van der Waals surface area contributed by atoms with Crippen molar-refractivity contribution in [1.82, 2.24) is 9.38 Å². The van der Waals surface area contributed by atoms with E-state index >= 15 is 0 Å². The first-order valence-corrected chi connectivity index (χ1v) is 7.52. The topological polar surface area (TPSA) is 66.6 Å². The number of anilines is 1. The molecule has 2 aromatic heterocycles. The molecule has 0 fully saturated rings. The first kappa shape index (κ1) is 14.1. The number of rotatable bonds is 4. The number of aromatic nitrogens is 2. The highest BCUT2D eigenvalue weighted by Crippen LogP contribution is 2.23. The Kier molecular flexibility index (Phi) is 3.92. The molecule has 2 N–H and O–H groups in total. The van der Waals surface area contributed by atoms with Crippen LogP contribution >= 0.6 is 22.9 Å². The van der Waals surface area contributed by atoms with Gasteiger partial charge in [-0.2, -0.15) is 0 Å². The zero-order valence-electron chi connectivity index (χ0n) is 10.9. The molecule has 5 nitrogen and oxygen atoms in total. The number of nitrogens with zero attached hydrogens (tertiary/aromatic N) is 2. The molecule has 0 unspecified atom stereocenters. The first-order valence-electron chi connectivity index (χ1n) is 6.26. The van der Waals surface area contributed by atoms with E-state index in [0.29, 0.717) is 27.9 Å². The number of hydrogen-bond acceptors (Lipinski definition) is 5. The minimum atomic E-state index is -0.103. The van der Waals surface area contributed by atoms with Gasteiger partial charge in [0.2, 0.25) is 0 Å². The van der Waals surface area contributed by atoms with Gasteiger partial charge >= 0.3 is 0 Å². The van der Waals surface area contributed by atoms with E-state index in [1.165, 1.54) is 21.8 Å². The van der Waals surface area contributed by atoms with Crippen LogP contribution in [0.2, 0.25) is 5.02 Å². The summed E-state index contributed by atoms with van der Waals surface area (Å²) in [6, 6.07) is 6.76. The zero-order chi connectivity index (χ0) is 14.8. The monoisotopic (exact) mass is 321 g/mol. The molecule has 0 aliphatic heterocycles. The predicted octanol–water partition coefficient (Wildman–Crippen LogP) is 2.51. The molecular weight excluding hydrogens is 310 g/mol. The van der Waals surface area contributed by atoms with Crippen molar-refractivity contribution in [1.29, 1.82) is 0 Å². The van der Waals surface area contributed by atoms with Crippen LogP contribution in [0.4, 0.5) is 5.69 Å². The van der Waals surface area contributed by atoms with E-state index in [1.807, 2.05) is 5.38 Å². The van der Waals surface area contributed by atoms with Crippen molar-refractivity contribution in [3.63, 3.8) is 0 Å². The quantitative estimate of drug-likeness (QED) is 0.775. The Morgan fingerprint density at radius 3 is 3.05 bits per heavy atom. The number of hydrogen-bond donors (Lipinski definition) is 2. The number of thiazole rings is 1. The third-order valence-corrected chi connectivity index (χ3v) is 4.12. The van der Waals surface area contributed by atoms with Crippen molar-refractivity contribution in [2.24, 2.45) is 0 Å². The fraction of sp³-hybridized carbons (Fsp3) is 0.143. The van der Waals surface area contributed by atoms with Crippen molar-refractivity contribution in [2.45, 2.75) is 13.2 Å². The van der Waals surface area contributed by atoms with Crippen LogP contribution < -0.4 is 10.9 Å². The first-order chi connectivity index (χ1) is 10.2. The van der Waals surface area contributed by atoms with E-state index < -0.39 is 0 Å². The van der Waals surface area contributed by atoms with Gasteiger partial charge in [-0.25, -0.2) is 4.98 Å². The van der Waals surface area contributed by atoms with Crippen molar-refractivity contribution in [3.05, 3.63) is 62.5 Å². The van der Waals surface area contributed by atoms with Crippen LogP contribution in [0.15, 0.2) is 40.6 Å². The maximum Gasteiger partial charge on any atom is 0.258 e. The molecule has 2 heterocycles. The Balaban J connectivity index is 1.84. The highest BCUT2D eigenvalue weighted by atomic mass is 35.5. The number of halogens is 1. The lowest BCUT2D eigenvalue weighted by Crippen LogP contribution is -2.14. The molecule has 0 atom stereocenters. The molecule has 0 bridgehead atoms. The van der Waals surface area contributed by atoms with Crippen molar-refractivity contribution in [3.8, 4) is 0 Å². The Hall–Kier alpha value is -1.89. The van der Waals surface area contributed by atoms with Gasteiger partial charge in [0.1, 0.15) is 0 Å². The second kappa shape index (κ2) is 5.85. The molecule has 7 heteroatoms. The minimum Gasteiger partial charge on any atom is -0.392 e. The fourth-order valence-corrected chi connectivity index (χ4v) is 2.89. The Labute approximate surface area is 129 Å². The number of aliphatic hydroxyl groups is 1. The van der Waals surface area contributed by atoms with Crippen LogP contribution in [-0.4, -0.2) is 14.5 Å². The van der Waals surface area contributed by atoms with Gasteiger partial charge in [-0.05, 0) is 17.7 Å². The molecule has 3 aromatic rings. The molecule has 0 saturated heterocycles. The molecule has 0 aliphatic carbocycles. The summed E-state index contributed by atoms with van der Waals surface area (Å²) >= 11 is 7.51. The number of aliphatic hydroxyl groups excluding tert-OH is 1. The molecule has 21 heavy (non-hydrogen) atoms. The van der Waals surface area contributed by atoms with Gasteiger partial charge in [-0.1, -0.05) is 17.7 Å². The number of fused-ring (bicyclic) bond motifs is 1. The van der Waals surface area contributed by atoms with Gasteiger partial charge < -0.3 is 10.4 Å². The van der Waals surface area contributed by atoms with Gasteiger partial charge in [0.25, 0.3) is 5.56 Å². The summed E-state index contributed by atoms with van der Waals surface area (Å²) in [7, 11) is 0. The van der Waals surface area contributed by atoms with E-state index in [1.54, 1.807) is 24.4 Å². The molecular formula is C14H12ClN3O2S. The molecule has 0 spiro atoms. The second-order valence-electron chi connectivity index (χ2n) is 4.47. The van der Waals surface area contributed by atoms with Crippen molar-refractivity contribution in [2.75, 3.05) is 5.32 Å². The van der Waals surface area contributed by atoms with Crippen LogP contribution in [0.5, 0.6) is 0 Å². The van der Waals surface area contributed by atoms with Crippen LogP contribution in [0.3, 0.4) is 0 Å². The van der Waals surface area contributed by atoms with Gasteiger partial charge in [-0.3, -0.25) is 9.20 Å². The summed E-state index contributed by atoms with van der Waals surface area (Å²) in [5.74, 6) is 0. The standard InChI is InChI=1S/C14H12ClN3O2S/c15-11-2-1-9(8-19)5-12(11)16-7-10-6-13(20)18-3-4-21-14(18)17-10/h1-6,16,19H,7-8H2. The zero-order valence-corrected chi connectivity index (χ0v) is 12.5. The molecule has 0 radical (unpaired) electrons. The summed E-state index contributed by atoms with van der Waals surface area (Å²) in [5, 5.41) is 14.7. The Bertz CT molecular complexity index is 844. The SMILES string of the molecule is O=c1cc(CNc2cc(CO)ccc2Cl)nc2sccn12. The van der Waals surface area contributed by atoms with E-state index in [0.717, 1.165) is 5.56 Å². The fourth-order valence-electron chi connectivity index (χ4n) is 1.97. The highest BCUT2D eigenvalue weighted by molar-refractivity contribution is 7.15. The maximum atomic E-state index is 11.9. The third-order valence-electron chi connectivity index (χ3n) is 3.03. The molecule has 1 aromatic carbocycles. The maximum absolute atomic E-state index is 11.9. The summed E-state index contributed by atoms with van der Waals surface area (Å²) < 4.78 is 1.51. The normalized spacial score (nSPS) is 11.0.